The van der Waals surface area contributed by atoms with E-state index in [1.165, 1.54) is 18.2 Å². The molecule has 2 aromatic carbocycles. The number of phenolic OH excluding ortho intramolecular Hbond substituents is 2. The van der Waals surface area contributed by atoms with Crippen LogP contribution in [0.5, 0.6) is 11.5 Å². The first-order valence-corrected chi connectivity index (χ1v) is 7.11. The predicted octanol–water partition coefficient (Wildman–Crippen LogP) is 1.87. The van der Waals surface area contributed by atoms with Crippen LogP contribution in [0.15, 0.2) is 42.5 Å². The van der Waals surface area contributed by atoms with E-state index < -0.39 is 6.10 Å². The number of carbonyl (C=O) groups excluding carboxylic acids is 1. The molecule has 23 heavy (non-hydrogen) atoms. The largest absolute Gasteiger partial charge is 0.507 e. The highest BCUT2D eigenvalue weighted by Gasteiger charge is 2.12. The molecule has 0 radical (unpaired) electrons. The van der Waals surface area contributed by atoms with Crippen molar-refractivity contribution in [1.82, 2.24) is 0 Å². The summed E-state index contributed by atoms with van der Waals surface area (Å²) in [6.45, 7) is -0.354. The smallest absolute Gasteiger partial charge is 0.142 e. The third-order valence-electron chi connectivity index (χ3n) is 3.42. The highest BCUT2D eigenvalue weighted by atomic mass is 16.3. The molecule has 120 valence electrons. The number of hydrogen-bond acceptors (Lipinski definition) is 5. The molecule has 5 nitrogen and oxygen atoms in total. The van der Waals surface area contributed by atoms with Crippen LogP contribution in [0.1, 0.15) is 11.1 Å². The number of carbonyl (C=O) groups is 1. The average molecular weight is 314 g/mol. The zero-order valence-electron chi connectivity index (χ0n) is 12.4. The van der Waals surface area contributed by atoms with Gasteiger partial charge in [-0.3, -0.25) is 4.79 Å². The molecule has 0 aliphatic heterocycles. The van der Waals surface area contributed by atoms with Gasteiger partial charge in [-0.05, 0) is 41.5 Å². The molecule has 2 rings (SSSR count). The van der Waals surface area contributed by atoms with Gasteiger partial charge >= 0.3 is 0 Å². The molecule has 0 bridgehead atoms. The fourth-order valence-electron chi connectivity index (χ4n) is 2.29. The van der Waals surface area contributed by atoms with Crippen LogP contribution in [0, 0.1) is 0 Å². The summed E-state index contributed by atoms with van der Waals surface area (Å²) in [7, 11) is 0. The van der Waals surface area contributed by atoms with Crippen molar-refractivity contribution in [3.8, 4) is 22.6 Å². The molecule has 0 unspecified atom stereocenters. The van der Waals surface area contributed by atoms with E-state index >= 15 is 0 Å². The molecule has 0 saturated carbocycles. The predicted molar refractivity (Wildman–Crippen MR) is 87.1 cm³/mol. The first-order chi connectivity index (χ1) is 11.0. The van der Waals surface area contributed by atoms with Gasteiger partial charge in [-0.25, -0.2) is 0 Å². The Bertz CT molecular complexity index is 721. The van der Waals surface area contributed by atoms with E-state index in [-0.39, 0.29) is 24.5 Å². The molecule has 2 aromatic rings. The van der Waals surface area contributed by atoms with E-state index in [4.69, 9.17) is 5.11 Å². The van der Waals surface area contributed by atoms with Crippen LogP contribution < -0.4 is 0 Å². The van der Waals surface area contributed by atoms with Gasteiger partial charge in [0.1, 0.15) is 17.8 Å². The van der Waals surface area contributed by atoms with E-state index in [0.717, 1.165) is 0 Å². The molecule has 1 atom stereocenters. The van der Waals surface area contributed by atoms with Crippen LogP contribution in [0.2, 0.25) is 0 Å². The van der Waals surface area contributed by atoms with Gasteiger partial charge in [-0.15, -0.1) is 0 Å². The summed E-state index contributed by atoms with van der Waals surface area (Å²) in [4.78, 5) is 10.4. The topological polar surface area (TPSA) is 98.0 Å². The maximum absolute atomic E-state index is 10.4. The van der Waals surface area contributed by atoms with Crippen molar-refractivity contribution in [2.75, 3.05) is 6.61 Å². The Morgan fingerprint density at radius 3 is 2.30 bits per heavy atom. The maximum Gasteiger partial charge on any atom is 0.142 e. The van der Waals surface area contributed by atoms with E-state index in [0.29, 0.717) is 28.5 Å². The van der Waals surface area contributed by atoms with E-state index in [1.54, 1.807) is 30.3 Å². The Balaban J connectivity index is 2.46. The summed E-state index contributed by atoms with van der Waals surface area (Å²) < 4.78 is 0. The summed E-state index contributed by atoms with van der Waals surface area (Å²) >= 11 is 0. The van der Waals surface area contributed by atoms with Crippen molar-refractivity contribution in [2.45, 2.75) is 12.5 Å². The number of aliphatic hydroxyl groups excluding tert-OH is 2. The average Bonchev–Trinajstić information content (AvgIpc) is 2.56. The third-order valence-corrected chi connectivity index (χ3v) is 3.42. The van der Waals surface area contributed by atoms with Gasteiger partial charge in [0.25, 0.3) is 0 Å². The van der Waals surface area contributed by atoms with Crippen molar-refractivity contribution < 1.29 is 25.2 Å². The van der Waals surface area contributed by atoms with Crippen molar-refractivity contribution in [1.29, 1.82) is 0 Å². The molecule has 0 amide bonds. The fourth-order valence-corrected chi connectivity index (χ4v) is 2.29. The van der Waals surface area contributed by atoms with Crippen LogP contribution in [0.3, 0.4) is 0 Å². The first kappa shape index (κ1) is 16.7. The monoisotopic (exact) mass is 314 g/mol. The summed E-state index contributed by atoms with van der Waals surface area (Å²) in [5.41, 5.74) is 2.24. The molecular weight excluding hydrogens is 296 g/mol. The molecule has 0 saturated heterocycles. The van der Waals surface area contributed by atoms with Gasteiger partial charge in [0.05, 0.1) is 12.7 Å². The number of allylic oxidation sites excluding steroid dienone is 1. The molecule has 0 spiro atoms. The fraction of sp³-hybridized carbons (Fsp3) is 0.167. The lowest BCUT2D eigenvalue weighted by Gasteiger charge is -2.12. The van der Waals surface area contributed by atoms with Crippen molar-refractivity contribution in [3.63, 3.8) is 0 Å². The molecule has 0 aliphatic carbocycles. The van der Waals surface area contributed by atoms with Gasteiger partial charge in [-0.1, -0.05) is 18.2 Å². The van der Waals surface area contributed by atoms with Gasteiger partial charge < -0.3 is 20.4 Å². The van der Waals surface area contributed by atoms with Crippen molar-refractivity contribution in [2.24, 2.45) is 0 Å². The molecular formula is C18H18O5. The lowest BCUT2D eigenvalue weighted by Crippen LogP contribution is -2.14. The van der Waals surface area contributed by atoms with Gasteiger partial charge in [0, 0.05) is 17.5 Å². The maximum atomic E-state index is 10.4. The molecule has 4 N–H and O–H groups in total. The SMILES string of the molecule is O=C/C=C/c1ccc(O)c(-c2cc(C[C@@H](O)CO)ccc2O)c1. The molecule has 0 aromatic heterocycles. The van der Waals surface area contributed by atoms with Crippen LogP contribution >= 0.6 is 0 Å². The Morgan fingerprint density at radius 1 is 1.00 bits per heavy atom. The first-order valence-electron chi connectivity index (χ1n) is 7.11. The van der Waals surface area contributed by atoms with E-state index in [1.807, 2.05) is 0 Å². The second kappa shape index (κ2) is 7.58. The number of aldehydes is 1. The second-order valence-electron chi connectivity index (χ2n) is 5.16. The van der Waals surface area contributed by atoms with Crippen LogP contribution in [0.25, 0.3) is 17.2 Å². The lowest BCUT2D eigenvalue weighted by atomic mass is 9.97. The van der Waals surface area contributed by atoms with Gasteiger partial charge in [0.2, 0.25) is 0 Å². The number of aliphatic hydroxyl groups is 2. The Hall–Kier alpha value is -2.63. The minimum absolute atomic E-state index is 0.0107. The normalized spacial score (nSPS) is 12.4. The summed E-state index contributed by atoms with van der Waals surface area (Å²) in [6.07, 6.45) is 2.93. The van der Waals surface area contributed by atoms with Gasteiger partial charge in [-0.2, -0.15) is 0 Å². The number of phenols is 2. The van der Waals surface area contributed by atoms with Crippen LogP contribution in [-0.2, 0) is 11.2 Å². The van der Waals surface area contributed by atoms with E-state index in [9.17, 15) is 20.1 Å². The summed E-state index contributed by atoms with van der Waals surface area (Å²) in [5, 5.41) is 38.6. The van der Waals surface area contributed by atoms with Gasteiger partial charge in [0.15, 0.2) is 0 Å². The van der Waals surface area contributed by atoms with E-state index in [2.05, 4.69) is 0 Å². The Labute approximate surface area is 133 Å². The number of hydrogen-bond donors (Lipinski definition) is 4. The van der Waals surface area contributed by atoms with Crippen LogP contribution in [-0.4, -0.2) is 39.4 Å². The summed E-state index contributed by atoms with van der Waals surface area (Å²) in [5.74, 6) is -0.0255. The quantitative estimate of drug-likeness (QED) is 0.482. The van der Waals surface area contributed by atoms with Crippen molar-refractivity contribution >= 4 is 12.4 Å². The molecule has 0 aliphatic rings. The standard InChI is InChI=1S/C18H18O5/c19-7-1-2-12-3-5-17(22)15(9-12)16-10-13(4-6-18(16)23)8-14(21)11-20/h1-7,9-10,14,20-23H,8,11H2/b2-1+/t14-/m1/s1. The second-order valence-corrected chi connectivity index (χ2v) is 5.16. The highest BCUT2D eigenvalue weighted by Crippen LogP contribution is 2.37. The highest BCUT2D eigenvalue weighted by molar-refractivity contribution is 5.80. The third kappa shape index (κ3) is 4.18. The molecule has 0 fully saturated rings. The zero-order chi connectivity index (χ0) is 16.8. The molecule has 5 heteroatoms. The number of benzene rings is 2. The van der Waals surface area contributed by atoms with Crippen LogP contribution in [0.4, 0.5) is 0 Å². The Kier molecular flexibility index (Phi) is 5.51. The zero-order valence-corrected chi connectivity index (χ0v) is 12.4. The lowest BCUT2D eigenvalue weighted by molar-refractivity contribution is -0.104. The minimum atomic E-state index is -0.886. The molecule has 0 heterocycles. The minimum Gasteiger partial charge on any atom is -0.507 e. The Morgan fingerprint density at radius 2 is 1.65 bits per heavy atom. The van der Waals surface area contributed by atoms with Crippen molar-refractivity contribution in [3.05, 3.63) is 53.6 Å². The number of rotatable bonds is 6. The summed E-state index contributed by atoms with van der Waals surface area (Å²) in [6, 6.07) is 9.55. The number of aromatic hydroxyl groups is 2.